The highest BCUT2D eigenvalue weighted by Crippen LogP contribution is 2.42. The molecule has 3 fully saturated rings. The van der Waals surface area contributed by atoms with Crippen LogP contribution in [0.15, 0.2) is 28.7 Å². The van der Waals surface area contributed by atoms with Crippen molar-refractivity contribution in [3.63, 3.8) is 0 Å². The fraction of sp³-hybridized carbons (Fsp3) is 0.684. The Morgan fingerprint density at radius 3 is 2.36 bits per heavy atom. The number of likely N-dealkylation sites (tertiary alicyclic amines) is 1. The molecule has 5 rings (SSSR count). The van der Waals surface area contributed by atoms with E-state index in [4.69, 9.17) is 18.6 Å². The van der Waals surface area contributed by atoms with Crippen LogP contribution in [0.4, 0.5) is 14.9 Å². The predicted molar refractivity (Wildman–Crippen MR) is 186 cm³/mol. The molecule has 0 radical (unpaired) electrons. The molecule has 2 saturated carbocycles. The number of nitrogens with one attached hydrogen (secondary N) is 2. The smallest absolute Gasteiger partial charge is 0.407 e. The molecule has 2 aromatic rings. The third-order valence-corrected chi connectivity index (χ3v) is 10.6. The maximum atomic E-state index is 14.2. The Bertz CT molecular complexity index is 1490. The zero-order valence-electron chi connectivity index (χ0n) is 30.1. The first-order valence-corrected chi connectivity index (χ1v) is 18.3. The molecule has 3 amide bonds. The Morgan fingerprint density at radius 2 is 1.72 bits per heavy atom. The molecule has 2 heterocycles. The van der Waals surface area contributed by atoms with Gasteiger partial charge < -0.3 is 34.2 Å². The van der Waals surface area contributed by atoms with Crippen LogP contribution < -0.4 is 10.6 Å². The molecular weight excluding hydrogens is 645 g/mol. The third kappa shape index (κ3) is 9.16. The van der Waals surface area contributed by atoms with Crippen molar-refractivity contribution in [2.24, 2.45) is 23.7 Å². The van der Waals surface area contributed by atoms with Gasteiger partial charge in [0.1, 0.15) is 23.9 Å². The van der Waals surface area contributed by atoms with Gasteiger partial charge in [0.05, 0.1) is 18.8 Å². The molecule has 1 aliphatic heterocycles. The van der Waals surface area contributed by atoms with Crippen molar-refractivity contribution in [3.8, 4) is 0 Å². The van der Waals surface area contributed by atoms with E-state index in [0.29, 0.717) is 67.8 Å². The van der Waals surface area contributed by atoms with Gasteiger partial charge in [0.15, 0.2) is 0 Å². The standard InChI is InChI=1S/C38H54FN3O8/c1-6-19-48-36(45)32-21-26-20-27(13-16-31(26)49-32)40-34(43)33-29(23-11-14-28(47-5)15-12-23)17-18-42(33)35(44)25-9-7-24(8-10-25)30(22-39)41-37(46)50-38(2,3)4/h13,16,20-21,23-25,28-30,33H,6-12,14-15,17-19,22H2,1-5H3,(H,40,43)(H,41,46)/t23-,24-,25-,28-,29-,30+,33-/m0/s1. The summed E-state index contributed by atoms with van der Waals surface area (Å²) in [5.41, 5.74) is 0.366. The van der Waals surface area contributed by atoms with Crippen LogP contribution in [0.5, 0.6) is 0 Å². The summed E-state index contributed by atoms with van der Waals surface area (Å²) in [5.74, 6) is -0.772. The molecule has 2 aliphatic carbocycles. The summed E-state index contributed by atoms with van der Waals surface area (Å²) in [5, 5.41) is 6.43. The molecule has 11 nitrogen and oxygen atoms in total. The zero-order valence-corrected chi connectivity index (χ0v) is 30.1. The number of halogens is 1. The van der Waals surface area contributed by atoms with Gasteiger partial charge >= 0.3 is 12.1 Å². The number of hydrogen-bond acceptors (Lipinski definition) is 8. The fourth-order valence-corrected chi connectivity index (χ4v) is 8.09. The molecule has 276 valence electrons. The van der Waals surface area contributed by atoms with E-state index in [2.05, 4.69) is 10.6 Å². The van der Waals surface area contributed by atoms with Crippen LogP contribution >= 0.6 is 0 Å². The molecule has 1 aromatic heterocycles. The number of hydrogen-bond donors (Lipinski definition) is 2. The Balaban J connectivity index is 1.28. The van der Waals surface area contributed by atoms with Gasteiger partial charge in [-0.15, -0.1) is 0 Å². The maximum Gasteiger partial charge on any atom is 0.407 e. The number of alkyl halides is 1. The Hall–Kier alpha value is -3.67. The van der Waals surface area contributed by atoms with Crippen LogP contribution in [-0.2, 0) is 23.8 Å². The number of amides is 3. The summed E-state index contributed by atoms with van der Waals surface area (Å²) in [6, 6.07) is 5.52. The molecule has 1 aromatic carbocycles. The van der Waals surface area contributed by atoms with Crippen LogP contribution in [0.3, 0.4) is 0 Å². The van der Waals surface area contributed by atoms with Gasteiger partial charge in [0.25, 0.3) is 0 Å². The number of carbonyl (C=O) groups excluding carboxylic acids is 4. The second-order valence-electron chi connectivity index (χ2n) is 15.2. The van der Waals surface area contributed by atoms with E-state index in [9.17, 15) is 23.6 Å². The van der Waals surface area contributed by atoms with Crippen molar-refractivity contribution in [2.45, 2.75) is 116 Å². The average molecular weight is 700 g/mol. The highest BCUT2D eigenvalue weighted by molar-refractivity contribution is 6.00. The monoisotopic (exact) mass is 699 g/mol. The van der Waals surface area contributed by atoms with E-state index >= 15 is 0 Å². The summed E-state index contributed by atoms with van der Waals surface area (Å²) in [6.07, 6.45) is 7.06. The SMILES string of the molecule is CCCOC(=O)c1cc2cc(NC(=O)[C@@H]3[C@H]([C@H]4CC[C@H](OC)CC4)CCN3C(=O)[C@H]3CC[C@H]([C@@H](CF)NC(=O)OC(C)(C)C)CC3)ccc2o1. The normalized spacial score (nSPS) is 26.3. The number of anilines is 1. The predicted octanol–water partition coefficient (Wildman–Crippen LogP) is 7.03. The average Bonchev–Trinajstić information content (AvgIpc) is 3.74. The molecule has 12 heteroatoms. The van der Waals surface area contributed by atoms with E-state index in [1.54, 1.807) is 57.0 Å². The third-order valence-electron chi connectivity index (χ3n) is 10.6. The largest absolute Gasteiger partial charge is 0.460 e. The minimum atomic E-state index is -0.710. The number of furan rings is 1. The lowest BCUT2D eigenvalue weighted by molar-refractivity contribution is -0.142. The van der Waals surface area contributed by atoms with E-state index in [0.717, 1.165) is 32.1 Å². The van der Waals surface area contributed by atoms with Crippen molar-refractivity contribution in [1.82, 2.24) is 10.2 Å². The molecule has 0 unspecified atom stereocenters. The summed E-state index contributed by atoms with van der Waals surface area (Å²) in [6.45, 7) is 7.29. The van der Waals surface area contributed by atoms with Gasteiger partial charge in [0, 0.05) is 30.6 Å². The molecule has 2 N–H and O–H groups in total. The van der Waals surface area contributed by atoms with E-state index in [1.165, 1.54) is 0 Å². The van der Waals surface area contributed by atoms with Gasteiger partial charge in [-0.05, 0) is 127 Å². The van der Waals surface area contributed by atoms with Crippen LogP contribution in [0, 0.1) is 23.7 Å². The first-order valence-electron chi connectivity index (χ1n) is 18.3. The lowest BCUT2D eigenvalue weighted by Crippen LogP contribution is -2.50. The minimum absolute atomic E-state index is 0.0136. The fourth-order valence-electron chi connectivity index (χ4n) is 8.09. The molecule has 50 heavy (non-hydrogen) atoms. The number of carbonyl (C=O) groups is 4. The quantitative estimate of drug-likeness (QED) is 0.239. The topological polar surface area (TPSA) is 136 Å². The number of ether oxygens (including phenoxy) is 3. The van der Waals surface area contributed by atoms with Gasteiger partial charge in [-0.3, -0.25) is 9.59 Å². The molecule has 3 atom stereocenters. The second kappa shape index (κ2) is 16.6. The number of fused-ring (bicyclic) bond motifs is 1. The van der Waals surface area contributed by atoms with E-state index < -0.39 is 36.4 Å². The zero-order chi connectivity index (χ0) is 36.0. The van der Waals surface area contributed by atoms with Gasteiger partial charge in [-0.2, -0.15) is 0 Å². The summed E-state index contributed by atoms with van der Waals surface area (Å²) >= 11 is 0. The summed E-state index contributed by atoms with van der Waals surface area (Å²) in [7, 11) is 1.74. The van der Waals surface area contributed by atoms with Crippen LogP contribution in [0.25, 0.3) is 11.0 Å². The summed E-state index contributed by atoms with van der Waals surface area (Å²) in [4.78, 5) is 54.9. The van der Waals surface area contributed by atoms with Crippen molar-refractivity contribution < 1.29 is 42.2 Å². The maximum absolute atomic E-state index is 14.2. The lowest BCUT2D eigenvalue weighted by Gasteiger charge is -2.38. The molecule has 0 bridgehead atoms. The summed E-state index contributed by atoms with van der Waals surface area (Å²) < 4.78 is 35.9. The van der Waals surface area contributed by atoms with Gasteiger partial charge in [-0.25, -0.2) is 14.0 Å². The number of rotatable bonds is 11. The minimum Gasteiger partial charge on any atom is -0.460 e. The Labute approximate surface area is 294 Å². The number of nitrogens with zero attached hydrogens (tertiary/aromatic N) is 1. The highest BCUT2D eigenvalue weighted by atomic mass is 19.1. The lowest BCUT2D eigenvalue weighted by atomic mass is 9.75. The van der Waals surface area contributed by atoms with E-state index in [1.807, 2.05) is 6.92 Å². The first kappa shape index (κ1) is 37.6. The van der Waals surface area contributed by atoms with Crippen molar-refractivity contribution in [2.75, 3.05) is 32.3 Å². The van der Waals surface area contributed by atoms with Crippen LogP contribution in [-0.4, -0.2) is 79.5 Å². The van der Waals surface area contributed by atoms with E-state index in [-0.39, 0.29) is 41.4 Å². The molecule has 3 aliphatic rings. The van der Waals surface area contributed by atoms with Crippen molar-refractivity contribution in [1.29, 1.82) is 0 Å². The molecule has 1 saturated heterocycles. The number of methoxy groups -OCH3 is 1. The van der Waals surface area contributed by atoms with Crippen molar-refractivity contribution in [3.05, 3.63) is 30.0 Å². The number of benzene rings is 1. The van der Waals surface area contributed by atoms with Gasteiger partial charge in [0.2, 0.25) is 17.6 Å². The second-order valence-corrected chi connectivity index (χ2v) is 15.2. The molecular formula is C38H54FN3O8. The Morgan fingerprint density at radius 1 is 1.00 bits per heavy atom. The first-order chi connectivity index (χ1) is 23.9. The molecule has 0 spiro atoms. The highest BCUT2D eigenvalue weighted by Gasteiger charge is 2.47. The number of alkyl carbamates (subject to hydrolysis) is 1. The van der Waals surface area contributed by atoms with Crippen LogP contribution in [0.1, 0.15) is 102 Å². The number of esters is 1. The Kier molecular flexibility index (Phi) is 12.5. The van der Waals surface area contributed by atoms with Gasteiger partial charge in [-0.1, -0.05) is 6.92 Å². The van der Waals surface area contributed by atoms with Crippen molar-refractivity contribution >= 4 is 40.5 Å². The van der Waals surface area contributed by atoms with Crippen LogP contribution in [0.2, 0.25) is 0 Å².